The Bertz CT molecular complexity index is 966. The van der Waals surface area contributed by atoms with Gasteiger partial charge in [-0.2, -0.15) is 0 Å². The highest BCUT2D eigenvalue weighted by Gasteiger charge is 2.46. The van der Waals surface area contributed by atoms with E-state index in [1.165, 1.54) is 17.8 Å². The molecule has 32 heavy (non-hydrogen) atoms. The zero-order chi connectivity index (χ0) is 23.5. The third kappa shape index (κ3) is 5.43. The topological polar surface area (TPSA) is 110 Å². The number of rotatable bonds is 8. The maximum atomic E-state index is 13.0. The summed E-state index contributed by atoms with van der Waals surface area (Å²) >= 11 is 1.53. The van der Waals surface area contributed by atoms with Crippen molar-refractivity contribution in [3.8, 4) is 5.75 Å². The first kappa shape index (κ1) is 24.1. The Balaban J connectivity index is 1.81. The van der Waals surface area contributed by atoms with Crippen LogP contribution in [0.1, 0.15) is 35.3 Å². The van der Waals surface area contributed by atoms with Gasteiger partial charge >= 0.3 is 5.97 Å². The van der Waals surface area contributed by atoms with E-state index in [9.17, 15) is 24.9 Å². The predicted octanol–water partition coefficient (Wildman–Crippen LogP) is 2.64. The molecule has 0 radical (unpaired) electrons. The molecular weight excluding hydrogens is 428 g/mol. The normalized spacial score (nSPS) is 19.9. The van der Waals surface area contributed by atoms with Gasteiger partial charge < -0.3 is 20.6 Å². The summed E-state index contributed by atoms with van der Waals surface area (Å²) in [6.07, 6.45) is -0.610. The third-order valence-electron chi connectivity index (χ3n) is 5.91. The van der Waals surface area contributed by atoms with E-state index in [-0.39, 0.29) is 12.3 Å². The number of β-amino-alcohol motifs (C(OH)–C–C–N with tert-alkyl or cyclic N) is 1. The van der Waals surface area contributed by atoms with Gasteiger partial charge in [-0.3, -0.25) is 14.5 Å². The Labute approximate surface area is 192 Å². The second kappa shape index (κ2) is 9.94. The van der Waals surface area contributed by atoms with Crippen molar-refractivity contribution in [2.24, 2.45) is 0 Å². The van der Waals surface area contributed by atoms with Crippen molar-refractivity contribution in [1.29, 1.82) is 0 Å². The maximum Gasteiger partial charge on any atom is 0.322 e. The van der Waals surface area contributed by atoms with Crippen molar-refractivity contribution in [2.45, 2.75) is 50.1 Å². The Morgan fingerprint density at radius 2 is 1.88 bits per heavy atom. The van der Waals surface area contributed by atoms with Crippen molar-refractivity contribution >= 4 is 23.6 Å². The van der Waals surface area contributed by atoms with Crippen LogP contribution in [-0.4, -0.2) is 67.5 Å². The highest BCUT2D eigenvalue weighted by atomic mass is 32.2. The number of amides is 1. The molecule has 4 N–H and O–H groups in total. The fourth-order valence-electron chi connectivity index (χ4n) is 4.09. The number of hydrogen-bond donors (Lipinski definition) is 4. The molecule has 0 bridgehead atoms. The number of aliphatic hydroxyl groups excluding tert-OH is 1. The number of phenols is 1. The number of thioether (sulfide) groups is 1. The van der Waals surface area contributed by atoms with Crippen LogP contribution in [0.25, 0.3) is 0 Å². The summed E-state index contributed by atoms with van der Waals surface area (Å²) < 4.78 is -0.484. The SMILES string of the molecule is Cc1c(O)cccc1C(=O)N[C@@H](Cc1ccccc1)[C@@H](O)CN1CSC(C)(C)C1C(=O)O. The molecule has 1 aliphatic heterocycles. The lowest BCUT2D eigenvalue weighted by Crippen LogP contribution is -2.53. The van der Waals surface area contributed by atoms with Crippen LogP contribution in [0, 0.1) is 6.92 Å². The van der Waals surface area contributed by atoms with E-state index in [1.54, 1.807) is 24.0 Å². The molecule has 2 aromatic carbocycles. The number of carbonyl (C=O) groups excluding carboxylic acids is 1. The summed E-state index contributed by atoms with van der Waals surface area (Å²) in [5.74, 6) is -0.812. The van der Waals surface area contributed by atoms with Crippen LogP contribution in [0.5, 0.6) is 5.75 Å². The van der Waals surface area contributed by atoms with Gasteiger partial charge in [0.25, 0.3) is 5.91 Å². The standard InChI is InChI=1S/C24H30N2O5S/c1-15-17(10-7-11-19(15)27)22(29)25-18(12-16-8-5-4-6-9-16)20(28)13-26-14-32-24(2,3)21(26)23(30)31/h4-11,18,20-21,27-28H,12-14H2,1-3H3,(H,25,29)(H,30,31)/t18-,20-,21?/m0/s1. The average molecular weight is 459 g/mol. The number of nitrogens with zero attached hydrogens (tertiary/aromatic N) is 1. The molecule has 7 nitrogen and oxygen atoms in total. The van der Waals surface area contributed by atoms with E-state index in [0.717, 1.165) is 5.56 Å². The number of aromatic hydroxyl groups is 1. The number of aliphatic hydroxyl groups is 1. The molecule has 8 heteroatoms. The van der Waals surface area contributed by atoms with Crippen molar-refractivity contribution in [1.82, 2.24) is 10.2 Å². The minimum absolute atomic E-state index is 0.0263. The molecule has 1 unspecified atom stereocenters. The molecule has 0 saturated carbocycles. The van der Waals surface area contributed by atoms with E-state index >= 15 is 0 Å². The van der Waals surface area contributed by atoms with Crippen LogP contribution in [0.15, 0.2) is 48.5 Å². The summed E-state index contributed by atoms with van der Waals surface area (Å²) in [6.45, 7) is 5.55. The summed E-state index contributed by atoms with van der Waals surface area (Å²) in [5, 5.41) is 33.7. The summed E-state index contributed by atoms with van der Waals surface area (Å²) in [5.41, 5.74) is 1.73. The van der Waals surface area contributed by atoms with Crippen molar-refractivity contribution in [3.63, 3.8) is 0 Å². The van der Waals surface area contributed by atoms with Gasteiger partial charge in [-0.15, -0.1) is 11.8 Å². The van der Waals surface area contributed by atoms with Gasteiger partial charge in [0.2, 0.25) is 0 Å². The number of aliphatic carboxylic acids is 1. The molecular formula is C24H30N2O5S. The van der Waals surface area contributed by atoms with Gasteiger partial charge in [0.15, 0.2) is 0 Å². The molecule has 0 spiro atoms. The molecule has 3 rings (SSSR count). The van der Waals surface area contributed by atoms with Gasteiger partial charge in [0.1, 0.15) is 11.8 Å². The molecule has 1 saturated heterocycles. The van der Waals surface area contributed by atoms with Crippen LogP contribution in [0.4, 0.5) is 0 Å². The van der Waals surface area contributed by atoms with E-state index in [1.807, 2.05) is 44.2 Å². The lowest BCUT2D eigenvalue weighted by atomic mass is 9.97. The van der Waals surface area contributed by atoms with Crippen LogP contribution in [0.3, 0.4) is 0 Å². The van der Waals surface area contributed by atoms with Crippen LogP contribution >= 0.6 is 11.8 Å². The Kier molecular flexibility index (Phi) is 7.48. The van der Waals surface area contributed by atoms with Gasteiger partial charge in [-0.05, 0) is 44.9 Å². The fraction of sp³-hybridized carbons (Fsp3) is 0.417. The van der Waals surface area contributed by atoms with Gasteiger partial charge in [-0.25, -0.2) is 0 Å². The van der Waals surface area contributed by atoms with Crippen LogP contribution < -0.4 is 5.32 Å². The Hall–Kier alpha value is -2.55. The highest BCUT2D eigenvalue weighted by molar-refractivity contribution is 8.00. The number of carboxylic acids is 1. The number of phenolic OH excluding ortho intramolecular Hbond substituents is 1. The van der Waals surface area contributed by atoms with Gasteiger partial charge in [0, 0.05) is 28.3 Å². The Morgan fingerprint density at radius 1 is 1.19 bits per heavy atom. The van der Waals surface area contributed by atoms with Crippen LogP contribution in [0.2, 0.25) is 0 Å². The first-order valence-electron chi connectivity index (χ1n) is 10.5. The number of nitrogens with one attached hydrogen (secondary N) is 1. The molecule has 0 aliphatic carbocycles. The number of hydrogen-bond acceptors (Lipinski definition) is 6. The number of carboxylic acid groups (broad SMARTS) is 1. The zero-order valence-corrected chi connectivity index (χ0v) is 19.3. The van der Waals surface area contributed by atoms with Crippen LogP contribution in [-0.2, 0) is 11.2 Å². The van der Waals surface area contributed by atoms with Crippen molar-refractivity contribution < 1.29 is 24.9 Å². The summed E-state index contributed by atoms with van der Waals surface area (Å²) in [7, 11) is 0. The Morgan fingerprint density at radius 3 is 2.53 bits per heavy atom. The first-order chi connectivity index (χ1) is 15.1. The van der Waals surface area contributed by atoms with E-state index < -0.39 is 34.8 Å². The molecule has 3 atom stereocenters. The lowest BCUT2D eigenvalue weighted by Gasteiger charge is -2.32. The van der Waals surface area contributed by atoms with Gasteiger partial charge in [-0.1, -0.05) is 36.4 Å². The smallest absolute Gasteiger partial charge is 0.322 e. The number of benzene rings is 2. The largest absolute Gasteiger partial charge is 0.508 e. The van der Waals surface area contributed by atoms with Gasteiger partial charge in [0.05, 0.1) is 12.1 Å². The zero-order valence-electron chi connectivity index (χ0n) is 18.5. The molecule has 0 aromatic heterocycles. The average Bonchev–Trinajstić information content (AvgIpc) is 3.04. The second-order valence-electron chi connectivity index (χ2n) is 8.68. The van der Waals surface area contributed by atoms with Crippen molar-refractivity contribution in [3.05, 3.63) is 65.2 Å². The molecule has 172 valence electrons. The minimum atomic E-state index is -0.992. The number of carbonyl (C=O) groups is 2. The third-order valence-corrected chi connectivity index (χ3v) is 7.34. The lowest BCUT2D eigenvalue weighted by molar-refractivity contribution is -0.143. The highest BCUT2D eigenvalue weighted by Crippen LogP contribution is 2.39. The van der Waals surface area contributed by atoms with E-state index in [2.05, 4.69) is 5.32 Å². The van der Waals surface area contributed by atoms with Crippen molar-refractivity contribution in [2.75, 3.05) is 12.4 Å². The van der Waals surface area contributed by atoms with E-state index in [4.69, 9.17) is 0 Å². The molecule has 2 aromatic rings. The monoisotopic (exact) mass is 458 g/mol. The summed E-state index contributed by atoms with van der Waals surface area (Å²) in [6, 6.07) is 12.9. The molecule has 1 aliphatic rings. The maximum absolute atomic E-state index is 13.0. The minimum Gasteiger partial charge on any atom is -0.508 e. The first-order valence-corrected chi connectivity index (χ1v) is 11.5. The molecule has 1 fully saturated rings. The molecule has 1 heterocycles. The quantitative estimate of drug-likeness (QED) is 0.481. The second-order valence-corrected chi connectivity index (χ2v) is 10.3. The fourth-order valence-corrected chi connectivity index (χ4v) is 5.25. The summed E-state index contributed by atoms with van der Waals surface area (Å²) in [4.78, 5) is 26.6. The van der Waals surface area contributed by atoms with E-state index in [0.29, 0.717) is 23.4 Å². The predicted molar refractivity (Wildman–Crippen MR) is 125 cm³/mol. The molecule has 1 amide bonds.